The zero-order valence-electron chi connectivity index (χ0n) is 9.75. The van der Waals surface area contributed by atoms with Crippen LogP contribution in [0.4, 0.5) is 5.69 Å². The molecule has 1 aliphatic heterocycles. The molecular weight excluding hydrogens is 198 g/mol. The Morgan fingerprint density at radius 3 is 2.56 bits per heavy atom. The lowest BCUT2D eigenvalue weighted by atomic mass is 10.0. The lowest BCUT2D eigenvalue weighted by molar-refractivity contribution is 0.482. The van der Waals surface area contributed by atoms with Gasteiger partial charge in [0.15, 0.2) is 0 Å². The molecule has 2 nitrogen and oxygen atoms in total. The number of hydrogen-bond donors (Lipinski definition) is 2. The summed E-state index contributed by atoms with van der Waals surface area (Å²) >= 11 is 0. The van der Waals surface area contributed by atoms with Crippen LogP contribution in [0.15, 0.2) is 30.3 Å². The van der Waals surface area contributed by atoms with E-state index in [1.165, 1.54) is 10.9 Å². The van der Waals surface area contributed by atoms with Gasteiger partial charge in [0.05, 0.1) is 0 Å². The monoisotopic (exact) mass is 215 g/mol. The smallest absolute Gasteiger partial charge is 0.125 e. The van der Waals surface area contributed by atoms with Crippen LogP contribution >= 0.6 is 0 Å². The van der Waals surface area contributed by atoms with Crippen molar-refractivity contribution in [2.75, 3.05) is 11.9 Å². The minimum atomic E-state index is 0.369. The third-order valence-corrected chi connectivity index (χ3v) is 2.82. The Morgan fingerprint density at radius 1 is 1.12 bits per heavy atom. The summed E-state index contributed by atoms with van der Waals surface area (Å²) in [6.45, 7) is 4.97. The van der Waals surface area contributed by atoms with Gasteiger partial charge in [0.1, 0.15) is 5.75 Å². The molecule has 0 saturated carbocycles. The molecule has 84 valence electrons. The van der Waals surface area contributed by atoms with Crippen molar-refractivity contribution in [3.05, 3.63) is 35.9 Å². The standard InChI is InChI=1S/C12H11NO.C2H6/c14-12-7-11-9(5-6-13-11)8-3-1-2-4-10(8)12;1-2/h1-4,7,13-14H,5-6H2;1-2H3. The van der Waals surface area contributed by atoms with Crippen molar-refractivity contribution in [2.45, 2.75) is 20.3 Å². The molecule has 0 aromatic heterocycles. The maximum atomic E-state index is 9.80. The largest absolute Gasteiger partial charge is 0.507 e. The fourth-order valence-corrected chi connectivity index (χ4v) is 2.17. The van der Waals surface area contributed by atoms with Crippen molar-refractivity contribution in [1.82, 2.24) is 0 Å². The number of hydrogen-bond acceptors (Lipinski definition) is 2. The van der Waals surface area contributed by atoms with Crippen molar-refractivity contribution in [1.29, 1.82) is 0 Å². The quantitative estimate of drug-likeness (QED) is 0.704. The average molecular weight is 215 g/mol. The average Bonchev–Trinajstić information content (AvgIpc) is 2.80. The molecule has 0 unspecified atom stereocenters. The van der Waals surface area contributed by atoms with Crippen molar-refractivity contribution in [3.63, 3.8) is 0 Å². The van der Waals surface area contributed by atoms with Crippen LogP contribution in [0.5, 0.6) is 5.75 Å². The van der Waals surface area contributed by atoms with Gasteiger partial charge in [0, 0.05) is 23.7 Å². The Hall–Kier alpha value is -1.70. The van der Waals surface area contributed by atoms with Gasteiger partial charge in [-0.2, -0.15) is 0 Å². The maximum absolute atomic E-state index is 9.80. The van der Waals surface area contributed by atoms with Gasteiger partial charge in [-0.25, -0.2) is 0 Å². The number of benzene rings is 2. The van der Waals surface area contributed by atoms with Gasteiger partial charge >= 0.3 is 0 Å². The first kappa shape index (κ1) is 10.8. The van der Waals surface area contributed by atoms with Gasteiger partial charge in [-0.1, -0.05) is 38.1 Å². The fourth-order valence-electron chi connectivity index (χ4n) is 2.17. The van der Waals surface area contributed by atoms with Crippen LogP contribution < -0.4 is 5.32 Å². The summed E-state index contributed by atoms with van der Waals surface area (Å²) in [5.41, 5.74) is 2.42. The molecular formula is C14H17NO. The molecule has 3 rings (SSSR count). The summed E-state index contributed by atoms with van der Waals surface area (Å²) in [7, 11) is 0. The van der Waals surface area contributed by atoms with Gasteiger partial charge in [-0.3, -0.25) is 0 Å². The van der Waals surface area contributed by atoms with Crippen LogP contribution in [0.1, 0.15) is 19.4 Å². The predicted octanol–water partition coefficient (Wildman–Crippen LogP) is 3.54. The van der Waals surface area contributed by atoms with E-state index in [9.17, 15) is 5.11 Å². The molecule has 0 spiro atoms. The molecule has 0 amide bonds. The molecule has 0 bridgehead atoms. The number of fused-ring (bicyclic) bond motifs is 3. The summed E-state index contributed by atoms with van der Waals surface area (Å²) in [5.74, 6) is 0.369. The molecule has 2 aromatic carbocycles. The number of rotatable bonds is 0. The maximum Gasteiger partial charge on any atom is 0.125 e. The lowest BCUT2D eigenvalue weighted by Crippen LogP contribution is -1.90. The number of phenolic OH excluding ortho intramolecular Hbond substituents is 1. The van der Waals surface area contributed by atoms with Crippen molar-refractivity contribution in [2.24, 2.45) is 0 Å². The zero-order valence-corrected chi connectivity index (χ0v) is 9.75. The van der Waals surface area contributed by atoms with E-state index in [-0.39, 0.29) is 0 Å². The molecule has 0 fully saturated rings. The molecule has 2 heteroatoms. The Balaban J connectivity index is 0.000000457. The fraction of sp³-hybridized carbons (Fsp3) is 0.286. The van der Waals surface area contributed by atoms with Crippen LogP contribution in [-0.4, -0.2) is 11.7 Å². The lowest BCUT2D eigenvalue weighted by Gasteiger charge is -2.06. The van der Waals surface area contributed by atoms with Crippen LogP contribution in [0, 0.1) is 0 Å². The summed E-state index contributed by atoms with van der Waals surface area (Å²) in [4.78, 5) is 0. The van der Waals surface area contributed by atoms with E-state index in [2.05, 4.69) is 11.4 Å². The second-order valence-electron chi connectivity index (χ2n) is 3.64. The number of nitrogens with one attached hydrogen (secondary N) is 1. The summed E-state index contributed by atoms with van der Waals surface area (Å²) in [6, 6.07) is 9.83. The van der Waals surface area contributed by atoms with Crippen LogP contribution in [-0.2, 0) is 6.42 Å². The highest BCUT2D eigenvalue weighted by Crippen LogP contribution is 2.36. The molecule has 1 heterocycles. The minimum Gasteiger partial charge on any atom is -0.507 e. The first-order valence-electron chi connectivity index (χ1n) is 5.84. The van der Waals surface area contributed by atoms with Crippen LogP contribution in [0.25, 0.3) is 10.8 Å². The molecule has 0 saturated heterocycles. The summed E-state index contributed by atoms with van der Waals surface area (Å²) in [5, 5.41) is 15.2. The van der Waals surface area contributed by atoms with E-state index in [1.54, 1.807) is 0 Å². The Labute approximate surface area is 95.9 Å². The molecule has 16 heavy (non-hydrogen) atoms. The second-order valence-corrected chi connectivity index (χ2v) is 3.64. The molecule has 0 atom stereocenters. The molecule has 0 aliphatic carbocycles. The molecule has 0 radical (unpaired) electrons. The third-order valence-electron chi connectivity index (χ3n) is 2.82. The zero-order chi connectivity index (χ0) is 11.5. The van der Waals surface area contributed by atoms with Crippen LogP contribution in [0.3, 0.4) is 0 Å². The van der Waals surface area contributed by atoms with E-state index in [4.69, 9.17) is 0 Å². The normalized spacial score (nSPS) is 12.6. The number of aromatic hydroxyl groups is 1. The van der Waals surface area contributed by atoms with Gasteiger partial charge in [0.25, 0.3) is 0 Å². The van der Waals surface area contributed by atoms with E-state index >= 15 is 0 Å². The topological polar surface area (TPSA) is 32.3 Å². The van der Waals surface area contributed by atoms with E-state index < -0.39 is 0 Å². The first-order chi connectivity index (χ1) is 7.86. The Morgan fingerprint density at radius 2 is 1.81 bits per heavy atom. The summed E-state index contributed by atoms with van der Waals surface area (Å²) in [6.07, 6.45) is 1.05. The number of anilines is 1. The van der Waals surface area contributed by atoms with Gasteiger partial charge < -0.3 is 10.4 Å². The van der Waals surface area contributed by atoms with Crippen LogP contribution in [0.2, 0.25) is 0 Å². The van der Waals surface area contributed by atoms with E-state index in [0.717, 1.165) is 24.0 Å². The van der Waals surface area contributed by atoms with E-state index in [0.29, 0.717) is 5.75 Å². The Bertz CT molecular complexity index is 505. The molecule has 2 N–H and O–H groups in total. The highest BCUT2D eigenvalue weighted by Gasteiger charge is 2.15. The first-order valence-corrected chi connectivity index (χ1v) is 5.84. The second kappa shape index (κ2) is 4.44. The highest BCUT2D eigenvalue weighted by molar-refractivity contribution is 5.95. The predicted molar refractivity (Wildman–Crippen MR) is 69.2 cm³/mol. The van der Waals surface area contributed by atoms with Gasteiger partial charge in [-0.15, -0.1) is 0 Å². The van der Waals surface area contributed by atoms with E-state index in [1.807, 2.05) is 38.1 Å². The number of phenols is 1. The molecule has 1 aliphatic rings. The third kappa shape index (κ3) is 1.60. The SMILES string of the molecule is CC.Oc1cc2c(c3ccccc13)CCN2. The van der Waals surface area contributed by atoms with Gasteiger partial charge in [0.2, 0.25) is 0 Å². The Kier molecular flexibility index (Phi) is 3.00. The van der Waals surface area contributed by atoms with Crippen molar-refractivity contribution >= 4 is 16.5 Å². The summed E-state index contributed by atoms with van der Waals surface area (Å²) < 4.78 is 0. The molecule has 2 aromatic rings. The highest BCUT2D eigenvalue weighted by atomic mass is 16.3. The minimum absolute atomic E-state index is 0.369. The van der Waals surface area contributed by atoms with Crippen molar-refractivity contribution < 1.29 is 5.11 Å². The van der Waals surface area contributed by atoms with Crippen molar-refractivity contribution in [3.8, 4) is 5.75 Å². The van der Waals surface area contributed by atoms with Gasteiger partial charge in [-0.05, 0) is 17.4 Å².